The SMILES string of the molecule is C=C(Nc1cc(F)cc(C(F)(F)F)c1)C(=C)N1CCCC1. The van der Waals surface area contributed by atoms with Crippen LogP contribution in [-0.2, 0) is 6.18 Å². The number of rotatable bonds is 4. The lowest BCUT2D eigenvalue weighted by atomic mass is 10.1. The van der Waals surface area contributed by atoms with Crippen LogP contribution in [0.15, 0.2) is 42.8 Å². The van der Waals surface area contributed by atoms with E-state index in [1.807, 2.05) is 4.90 Å². The summed E-state index contributed by atoms with van der Waals surface area (Å²) in [6.07, 6.45) is -2.50. The second kappa shape index (κ2) is 5.79. The molecule has 0 radical (unpaired) electrons. The van der Waals surface area contributed by atoms with Gasteiger partial charge in [-0.3, -0.25) is 0 Å². The molecule has 1 fully saturated rings. The van der Waals surface area contributed by atoms with Gasteiger partial charge in [0.1, 0.15) is 5.82 Å². The van der Waals surface area contributed by atoms with E-state index in [9.17, 15) is 17.6 Å². The predicted molar refractivity (Wildman–Crippen MR) is 74.1 cm³/mol. The maximum Gasteiger partial charge on any atom is 0.416 e. The Morgan fingerprint density at radius 1 is 1.10 bits per heavy atom. The fraction of sp³-hybridized carbons (Fsp3) is 0.333. The van der Waals surface area contributed by atoms with Crippen molar-refractivity contribution in [1.82, 2.24) is 4.90 Å². The van der Waals surface area contributed by atoms with Crippen molar-refractivity contribution in [2.24, 2.45) is 0 Å². The van der Waals surface area contributed by atoms with E-state index in [0.29, 0.717) is 17.5 Å². The van der Waals surface area contributed by atoms with Gasteiger partial charge in [-0.15, -0.1) is 0 Å². The first-order valence-corrected chi connectivity index (χ1v) is 6.55. The average molecular weight is 300 g/mol. The molecule has 2 rings (SSSR count). The minimum Gasteiger partial charge on any atom is -0.370 e. The van der Waals surface area contributed by atoms with Crippen LogP contribution in [-0.4, -0.2) is 18.0 Å². The van der Waals surface area contributed by atoms with E-state index in [4.69, 9.17) is 0 Å². The molecule has 0 bridgehead atoms. The first kappa shape index (κ1) is 15.4. The first-order chi connectivity index (χ1) is 9.77. The van der Waals surface area contributed by atoms with E-state index in [2.05, 4.69) is 18.5 Å². The van der Waals surface area contributed by atoms with Crippen LogP contribution >= 0.6 is 0 Å². The van der Waals surface area contributed by atoms with Gasteiger partial charge in [-0.1, -0.05) is 13.2 Å². The van der Waals surface area contributed by atoms with E-state index < -0.39 is 17.6 Å². The maximum atomic E-state index is 13.3. The molecule has 0 saturated carbocycles. The molecule has 0 unspecified atom stereocenters. The van der Waals surface area contributed by atoms with Gasteiger partial charge >= 0.3 is 6.18 Å². The summed E-state index contributed by atoms with van der Waals surface area (Å²) in [5.74, 6) is -0.952. The van der Waals surface area contributed by atoms with Crippen molar-refractivity contribution >= 4 is 5.69 Å². The quantitative estimate of drug-likeness (QED) is 0.656. The van der Waals surface area contributed by atoms with Crippen molar-refractivity contribution < 1.29 is 17.6 Å². The molecule has 1 N–H and O–H groups in total. The molecule has 0 aliphatic carbocycles. The van der Waals surface area contributed by atoms with Gasteiger partial charge in [0.2, 0.25) is 0 Å². The van der Waals surface area contributed by atoms with Crippen LogP contribution in [0.5, 0.6) is 0 Å². The zero-order valence-corrected chi connectivity index (χ0v) is 11.4. The zero-order chi connectivity index (χ0) is 15.6. The third-order valence-electron chi connectivity index (χ3n) is 3.36. The van der Waals surface area contributed by atoms with Crippen molar-refractivity contribution in [3.63, 3.8) is 0 Å². The molecule has 0 aromatic heterocycles. The van der Waals surface area contributed by atoms with Gasteiger partial charge in [0.25, 0.3) is 0 Å². The number of nitrogens with zero attached hydrogens (tertiary/aromatic N) is 1. The average Bonchev–Trinajstić information content (AvgIpc) is 2.89. The monoisotopic (exact) mass is 300 g/mol. The van der Waals surface area contributed by atoms with Gasteiger partial charge in [0.05, 0.1) is 17.0 Å². The van der Waals surface area contributed by atoms with Crippen molar-refractivity contribution in [3.05, 3.63) is 54.1 Å². The van der Waals surface area contributed by atoms with Crippen LogP contribution in [0.25, 0.3) is 0 Å². The first-order valence-electron chi connectivity index (χ1n) is 6.55. The molecule has 1 aliphatic heterocycles. The van der Waals surface area contributed by atoms with E-state index in [1.54, 1.807) is 0 Å². The van der Waals surface area contributed by atoms with E-state index in [1.165, 1.54) is 0 Å². The highest BCUT2D eigenvalue weighted by Gasteiger charge is 2.31. The molecule has 0 spiro atoms. The van der Waals surface area contributed by atoms with Crippen molar-refractivity contribution in [1.29, 1.82) is 0 Å². The normalized spacial score (nSPS) is 15.1. The molecule has 1 saturated heterocycles. The fourth-order valence-corrected chi connectivity index (χ4v) is 2.25. The van der Waals surface area contributed by atoms with E-state index in [-0.39, 0.29) is 5.69 Å². The summed E-state index contributed by atoms with van der Waals surface area (Å²) < 4.78 is 51.2. The largest absolute Gasteiger partial charge is 0.416 e. The highest BCUT2D eigenvalue weighted by atomic mass is 19.4. The lowest BCUT2D eigenvalue weighted by Gasteiger charge is -2.23. The van der Waals surface area contributed by atoms with Gasteiger partial charge in [-0.2, -0.15) is 13.2 Å². The van der Waals surface area contributed by atoms with Gasteiger partial charge in [0, 0.05) is 18.8 Å². The van der Waals surface area contributed by atoms with Crippen LogP contribution in [0, 0.1) is 5.82 Å². The molecule has 6 heteroatoms. The molecule has 21 heavy (non-hydrogen) atoms. The molecule has 0 amide bonds. The summed E-state index contributed by atoms with van der Waals surface area (Å²) in [6.45, 7) is 9.32. The topological polar surface area (TPSA) is 15.3 Å². The van der Waals surface area contributed by atoms with Crippen LogP contribution in [0.3, 0.4) is 0 Å². The standard InChI is InChI=1S/C15H16F4N2/c1-10(11(2)21-5-3-4-6-21)20-14-8-12(15(17,18)19)7-13(16)9-14/h7-9,20H,1-6H2. The van der Waals surface area contributed by atoms with Crippen LogP contribution in [0.4, 0.5) is 23.2 Å². The highest BCUT2D eigenvalue weighted by Crippen LogP contribution is 2.32. The third kappa shape index (κ3) is 3.77. The van der Waals surface area contributed by atoms with Gasteiger partial charge in [-0.25, -0.2) is 4.39 Å². The van der Waals surface area contributed by atoms with Gasteiger partial charge in [0.15, 0.2) is 0 Å². The molecule has 1 aromatic rings. The smallest absolute Gasteiger partial charge is 0.370 e. The van der Waals surface area contributed by atoms with Crippen molar-refractivity contribution in [3.8, 4) is 0 Å². The van der Waals surface area contributed by atoms with Crippen LogP contribution < -0.4 is 5.32 Å². The number of alkyl halides is 3. The molecule has 0 atom stereocenters. The molecular formula is C15H16F4N2. The molecule has 1 aromatic carbocycles. The van der Waals surface area contributed by atoms with E-state index in [0.717, 1.165) is 38.1 Å². The highest BCUT2D eigenvalue weighted by molar-refractivity contribution is 5.54. The Bertz CT molecular complexity index is 557. The number of hydrogen-bond acceptors (Lipinski definition) is 2. The van der Waals surface area contributed by atoms with Crippen molar-refractivity contribution in [2.75, 3.05) is 18.4 Å². The summed E-state index contributed by atoms with van der Waals surface area (Å²) >= 11 is 0. The van der Waals surface area contributed by atoms with Crippen LogP contribution in [0.1, 0.15) is 18.4 Å². The Morgan fingerprint density at radius 2 is 1.71 bits per heavy atom. The summed E-state index contributed by atoms with van der Waals surface area (Å²) in [4.78, 5) is 2.00. The summed E-state index contributed by atoms with van der Waals surface area (Å²) in [6, 6.07) is 2.31. The summed E-state index contributed by atoms with van der Waals surface area (Å²) in [7, 11) is 0. The number of likely N-dealkylation sites (tertiary alicyclic amines) is 1. The second-order valence-corrected chi connectivity index (χ2v) is 4.97. The number of benzene rings is 1. The third-order valence-corrected chi connectivity index (χ3v) is 3.36. The Balaban J connectivity index is 2.13. The Kier molecular flexibility index (Phi) is 4.25. The van der Waals surface area contributed by atoms with Gasteiger partial charge < -0.3 is 10.2 Å². The summed E-state index contributed by atoms with van der Waals surface area (Å²) in [5.41, 5.74) is -0.0433. The second-order valence-electron chi connectivity index (χ2n) is 4.97. The molecule has 2 nitrogen and oxygen atoms in total. The fourth-order valence-electron chi connectivity index (χ4n) is 2.25. The zero-order valence-electron chi connectivity index (χ0n) is 11.4. The lowest BCUT2D eigenvalue weighted by Crippen LogP contribution is -2.21. The molecule has 114 valence electrons. The Labute approximate surface area is 120 Å². The van der Waals surface area contributed by atoms with E-state index >= 15 is 0 Å². The number of halogens is 4. The number of anilines is 1. The predicted octanol–water partition coefficient (Wildman–Crippen LogP) is 4.38. The van der Waals surface area contributed by atoms with Crippen molar-refractivity contribution in [2.45, 2.75) is 19.0 Å². The lowest BCUT2D eigenvalue weighted by molar-refractivity contribution is -0.137. The summed E-state index contributed by atoms with van der Waals surface area (Å²) in [5, 5.41) is 2.70. The molecule has 1 aliphatic rings. The minimum atomic E-state index is -4.59. The van der Waals surface area contributed by atoms with Gasteiger partial charge in [-0.05, 0) is 31.0 Å². The number of hydrogen-bond donors (Lipinski definition) is 1. The molecule has 1 heterocycles. The Hall–Kier alpha value is -1.98. The minimum absolute atomic E-state index is 0.00710. The number of nitrogens with one attached hydrogen (secondary N) is 1. The Morgan fingerprint density at radius 3 is 2.29 bits per heavy atom. The van der Waals surface area contributed by atoms with Crippen LogP contribution in [0.2, 0.25) is 0 Å². The maximum absolute atomic E-state index is 13.3. The molecular weight excluding hydrogens is 284 g/mol.